The molecule has 5 aromatic rings. The van der Waals surface area contributed by atoms with Gasteiger partial charge in [0.15, 0.2) is 0 Å². The fourth-order valence-electron chi connectivity index (χ4n) is 6.43. The van der Waals surface area contributed by atoms with E-state index < -0.39 is 29.1 Å². The molecule has 3 N–H and O–H groups in total. The van der Waals surface area contributed by atoms with Crippen molar-refractivity contribution in [3.63, 3.8) is 0 Å². The summed E-state index contributed by atoms with van der Waals surface area (Å²) in [5.74, 6) is -1.16. The van der Waals surface area contributed by atoms with Gasteiger partial charge in [0.1, 0.15) is 18.0 Å². The minimum absolute atomic E-state index is 0.0213. The van der Waals surface area contributed by atoms with Crippen molar-refractivity contribution in [2.75, 3.05) is 6.61 Å². The van der Waals surface area contributed by atoms with Gasteiger partial charge < -0.3 is 20.5 Å². The molecule has 6 rings (SSSR count). The summed E-state index contributed by atoms with van der Waals surface area (Å²) in [6.45, 7) is 5.82. The molecular formula is C41H39N2O5. The second-order valence-corrected chi connectivity index (χ2v) is 13.3. The van der Waals surface area contributed by atoms with Crippen LogP contribution in [0.2, 0.25) is 0 Å². The van der Waals surface area contributed by atoms with Gasteiger partial charge in [0.2, 0.25) is 17.7 Å². The van der Waals surface area contributed by atoms with Crippen molar-refractivity contribution in [2.24, 2.45) is 5.73 Å². The van der Waals surface area contributed by atoms with Crippen molar-refractivity contribution < 1.29 is 23.9 Å². The normalized spacial score (nSPS) is 14.3. The Bertz CT molecular complexity index is 1910. The molecule has 1 radical (unpaired) electrons. The Morgan fingerprint density at radius 2 is 1.42 bits per heavy atom. The van der Waals surface area contributed by atoms with Crippen molar-refractivity contribution in [3.05, 3.63) is 138 Å². The number of benzene rings is 5. The van der Waals surface area contributed by atoms with E-state index in [0.29, 0.717) is 11.3 Å². The minimum atomic E-state index is -2.14. The predicted octanol–water partition coefficient (Wildman–Crippen LogP) is 6.45. The Hall–Kier alpha value is -5.27. The van der Waals surface area contributed by atoms with Gasteiger partial charge in [-0.1, -0.05) is 103 Å². The molecule has 0 aliphatic heterocycles. The number of esters is 1. The third-order valence-electron chi connectivity index (χ3n) is 8.68. The molecule has 0 bridgehead atoms. The molecule has 243 valence electrons. The van der Waals surface area contributed by atoms with Gasteiger partial charge in [0, 0.05) is 12.3 Å². The summed E-state index contributed by atoms with van der Waals surface area (Å²) < 4.78 is 11.9. The second kappa shape index (κ2) is 13.5. The van der Waals surface area contributed by atoms with Crippen molar-refractivity contribution in [2.45, 2.75) is 56.7 Å². The van der Waals surface area contributed by atoms with Crippen molar-refractivity contribution >= 4 is 28.9 Å². The monoisotopic (exact) mass is 639 g/mol. The average Bonchev–Trinajstić information content (AvgIpc) is 3.40. The first-order valence-corrected chi connectivity index (χ1v) is 16.1. The number of ether oxygens (including phenoxy) is 2. The lowest BCUT2D eigenvalue weighted by molar-refractivity contribution is -0.151. The molecule has 2 atom stereocenters. The van der Waals surface area contributed by atoms with Crippen LogP contribution in [0.25, 0.3) is 21.9 Å². The van der Waals surface area contributed by atoms with Crippen LogP contribution in [0, 0.1) is 0 Å². The van der Waals surface area contributed by atoms with Crippen LogP contribution >= 0.6 is 0 Å². The highest BCUT2D eigenvalue weighted by Crippen LogP contribution is 2.44. The quantitative estimate of drug-likeness (QED) is 0.127. The average molecular weight is 640 g/mol. The number of carbonyl (C=O) groups excluding carboxylic acids is 3. The van der Waals surface area contributed by atoms with E-state index in [1.54, 1.807) is 24.3 Å². The second-order valence-electron chi connectivity index (χ2n) is 13.3. The predicted molar refractivity (Wildman–Crippen MR) is 187 cm³/mol. The zero-order valence-electron chi connectivity index (χ0n) is 27.4. The molecule has 7 nitrogen and oxygen atoms in total. The summed E-state index contributed by atoms with van der Waals surface area (Å²) in [7, 11) is 0. The minimum Gasteiger partial charge on any atom is -0.488 e. The van der Waals surface area contributed by atoms with Gasteiger partial charge in [-0.15, -0.1) is 0 Å². The molecule has 7 heteroatoms. The van der Waals surface area contributed by atoms with Gasteiger partial charge in [0.05, 0.1) is 6.04 Å². The molecule has 1 aliphatic carbocycles. The standard InChI is InChI=1S/C41H39N2O5/c1-40(2,3)48-30-21-19-27(20-22-30)24-41(26-44,43-38(45)37(42)23-29-13-10-12-28-11-4-5-14-31(28)29)39(46)47-25-36-34-17-8-6-15-32(34)33-16-7-9-18-35(33)36/h4-22,36-37H,23-25,42H2,1-3H3,(H,43,45)/t37-,41-/m0/s1. The summed E-state index contributed by atoms with van der Waals surface area (Å²) in [5, 5.41) is 4.67. The first-order valence-electron chi connectivity index (χ1n) is 16.1. The topological polar surface area (TPSA) is 108 Å². The number of rotatable bonds is 11. The van der Waals surface area contributed by atoms with Crippen LogP contribution in [0.15, 0.2) is 115 Å². The van der Waals surface area contributed by atoms with Crippen LogP contribution < -0.4 is 15.8 Å². The van der Waals surface area contributed by atoms with E-state index in [4.69, 9.17) is 15.2 Å². The van der Waals surface area contributed by atoms with E-state index in [1.807, 2.05) is 118 Å². The number of carbonyl (C=O) groups is 2. The Balaban J connectivity index is 1.26. The van der Waals surface area contributed by atoms with Gasteiger partial charge in [-0.25, -0.2) is 4.79 Å². The zero-order chi connectivity index (χ0) is 33.9. The van der Waals surface area contributed by atoms with Crippen LogP contribution in [0.5, 0.6) is 5.75 Å². The van der Waals surface area contributed by atoms with E-state index in [0.717, 1.165) is 38.6 Å². The van der Waals surface area contributed by atoms with Crippen LogP contribution in [-0.4, -0.2) is 42.0 Å². The fraction of sp³-hybridized carbons (Fsp3) is 0.244. The van der Waals surface area contributed by atoms with E-state index in [9.17, 15) is 14.4 Å². The van der Waals surface area contributed by atoms with E-state index in [1.165, 1.54) is 0 Å². The van der Waals surface area contributed by atoms with Gasteiger partial charge in [-0.2, -0.15) is 0 Å². The third kappa shape index (κ3) is 6.87. The summed E-state index contributed by atoms with van der Waals surface area (Å²) in [5.41, 5.74) is 9.60. The van der Waals surface area contributed by atoms with Gasteiger partial charge >= 0.3 is 5.97 Å². The highest BCUT2D eigenvalue weighted by Gasteiger charge is 2.45. The molecule has 0 saturated heterocycles. The summed E-state index contributed by atoms with van der Waals surface area (Å²) in [6.07, 6.45) is 1.88. The first kappa shape index (κ1) is 32.7. The van der Waals surface area contributed by atoms with Crippen molar-refractivity contribution in [1.82, 2.24) is 5.32 Å². The molecule has 0 heterocycles. The van der Waals surface area contributed by atoms with Crippen LogP contribution in [0.4, 0.5) is 0 Å². The lowest BCUT2D eigenvalue weighted by Gasteiger charge is -2.29. The maximum Gasteiger partial charge on any atom is 0.340 e. The Kier molecular flexibility index (Phi) is 9.16. The fourth-order valence-corrected chi connectivity index (χ4v) is 6.43. The number of hydrogen-bond donors (Lipinski definition) is 2. The van der Waals surface area contributed by atoms with Gasteiger partial charge in [-0.05, 0) is 83.5 Å². The maximum absolute atomic E-state index is 14.1. The Morgan fingerprint density at radius 1 is 0.812 bits per heavy atom. The molecule has 0 spiro atoms. The molecule has 0 fully saturated rings. The van der Waals surface area contributed by atoms with E-state index in [-0.39, 0.29) is 25.4 Å². The van der Waals surface area contributed by atoms with E-state index in [2.05, 4.69) is 5.32 Å². The van der Waals surface area contributed by atoms with Crippen LogP contribution in [-0.2, 0) is 32.0 Å². The SMILES string of the molecule is CC(C)(C)Oc1ccc(C[C@@]([C]=O)(NC(=O)[C@@H](N)Cc2cccc3ccccc23)C(=O)OCC2c3ccccc3-c3ccccc32)cc1. The highest BCUT2D eigenvalue weighted by atomic mass is 16.5. The lowest BCUT2D eigenvalue weighted by atomic mass is 9.90. The first-order chi connectivity index (χ1) is 23.1. The largest absolute Gasteiger partial charge is 0.488 e. The molecule has 5 aromatic carbocycles. The van der Waals surface area contributed by atoms with Gasteiger partial charge in [-0.3, -0.25) is 9.59 Å². The van der Waals surface area contributed by atoms with Crippen LogP contribution in [0.1, 0.15) is 48.9 Å². The number of hydrogen-bond acceptors (Lipinski definition) is 6. The molecule has 0 aromatic heterocycles. The number of nitrogens with one attached hydrogen (secondary N) is 1. The zero-order valence-corrected chi connectivity index (χ0v) is 27.4. The van der Waals surface area contributed by atoms with Gasteiger partial charge in [0.25, 0.3) is 0 Å². The lowest BCUT2D eigenvalue weighted by Crippen LogP contribution is -2.61. The summed E-state index contributed by atoms with van der Waals surface area (Å²) >= 11 is 0. The highest BCUT2D eigenvalue weighted by molar-refractivity contribution is 6.03. The number of amides is 1. The molecule has 0 unspecified atom stereocenters. The molecule has 48 heavy (non-hydrogen) atoms. The molecule has 1 aliphatic rings. The van der Waals surface area contributed by atoms with E-state index >= 15 is 0 Å². The molecule has 0 saturated carbocycles. The molecular weight excluding hydrogens is 600 g/mol. The Labute approximate surface area is 281 Å². The van der Waals surface area contributed by atoms with Crippen LogP contribution in [0.3, 0.4) is 0 Å². The maximum atomic E-state index is 14.1. The number of nitrogens with two attached hydrogens (primary N) is 1. The van der Waals surface area contributed by atoms with Crippen molar-refractivity contribution in [1.29, 1.82) is 0 Å². The van der Waals surface area contributed by atoms with Crippen molar-refractivity contribution in [3.8, 4) is 16.9 Å². The summed E-state index contributed by atoms with van der Waals surface area (Å²) in [6, 6.07) is 35.6. The third-order valence-corrected chi connectivity index (χ3v) is 8.68. The Morgan fingerprint density at radius 3 is 2.06 bits per heavy atom. The summed E-state index contributed by atoms with van der Waals surface area (Å²) in [4.78, 5) is 40.7. The number of fused-ring (bicyclic) bond motifs is 4. The smallest absolute Gasteiger partial charge is 0.340 e. The molecule has 1 amide bonds.